The third-order valence-corrected chi connectivity index (χ3v) is 1.63. The van der Waals surface area contributed by atoms with Crippen LogP contribution in [0.15, 0.2) is 36.8 Å². The summed E-state index contributed by atoms with van der Waals surface area (Å²) in [6, 6.07) is 5.58. The first-order valence-electron chi connectivity index (χ1n) is 3.86. The largest absolute Gasteiger partial charge is 0.382 e. The number of aromatic nitrogens is 3. The van der Waals surface area contributed by atoms with Crippen molar-refractivity contribution in [3.63, 3.8) is 0 Å². The first-order valence-corrected chi connectivity index (χ1v) is 3.86. The predicted molar refractivity (Wildman–Crippen MR) is 49.7 cm³/mol. The van der Waals surface area contributed by atoms with E-state index in [1.54, 1.807) is 18.6 Å². The summed E-state index contributed by atoms with van der Waals surface area (Å²) in [6.45, 7) is 0. The van der Waals surface area contributed by atoms with Crippen LogP contribution in [0.2, 0.25) is 0 Å². The number of hydrogen-bond donors (Lipinski definition) is 1. The van der Waals surface area contributed by atoms with Crippen LogP contribution in [0.5, 0.6) is 0 Å². The molecule has 4 nitrogen and oxygen atoms in total. The first kappa shape index (κ1) is 7.67. The number of anilines is 1. The molecule has 4 heteroatoms. The molecule has 2 N–H and O–H groups in total. The van der Waals surface area contributed by atoms with Gasteiger partial charge in [-0.3, -0.25) is 4.98 Å². The van der Waals surface area contributed by atoms with Crippen molar-refractivity contribution in [1.29, 1.82) is 0 Å². The second-order valence-corrected chi connectivity index (χ2v) is 2.51. The molecule has 0 aliphatic heterocycles. The van der Waals surface area contributed by atoms with Crippen LogP contribution in [0.4, 0.5) is 5.82 Å². The smallest absolute Gasteiger partial charge is 0.151 e. The summed E-state index contributed by atoms with van der Waals surface area (Å²) >= 11 is 0. The molecule has 0 atom stereocenters. The van der Waals surface area contributed by atoms with Gasteiger partial charge in [-0.15, -0.1) is 0 Å². The normalized spacial score (nSPS) is 9.85. The van der Waals surface area contributed by atoms with E-state index in [0.29, 0.717) is 11.5 Å². The summed E-state index contributed by atoms with van der Waals surface area (Å²) in [7, 11) is 0. The molecule has 0 fully saturated rings. The molecule has 0 spiro atoms. The van der Waals surface area contributed by atoms with Crippen molar-refractivity contribution in [1.82, 2.24) is 15.0 Å². The molecule has 0 radical (unpaired) electrons. The highest BCUT2D eigenvalue weighted by molar-refractivity contribution is 5.65. The molecule has 0 amide bonds. The van der Waals surface area contributed by atoms with E-state index < -0.39 is 0 Å². The number of rotatable bonds is 1. The van der Waals surface area contributed by atoms with E-state index in [-0.39, 0.29) is 0 Å². The highest BCUT2D eigenvalue weighted by Crippen LogP contribution is 2.17. The summed E-state index contributed by atoms with van der Waals surface area (Å²) in [5, 5.41) is 0. The van der Waals surface area contributed by atoms with Crippen molar-refractivity contribution in [3.05, 3.63) is 36.8 Å². The Morgan fingerprint density at radius 2 is 1.77 bits per heavy atom. The monoisotopic (exact) mass is 172 g/mol. The second-order valence-electron chi connectivity index (χ2n) is 2.51. The lowest BCUT2D eigenvalue weighted by Crippen LogP contribution is -1.96. The molecular formula is C9H8N4. The summed E-state index contributed by atoms with van der Waals surface area (Å²) in [5.41, 5.74) is 7.01. The number of nitrogen functional groups attached to an aromatic ring is 1. The highest BCUT2D eigenvalue weighted by atomic mass is 14.9. The van der Waals surface area contributed by atoms with Crippen LogP contribution in [0.1, 0.15) is 0 Å². The minimum atomic E-state index is 0.404. The van der Waals surface area contributed by atoms with Gasteiger partial charge in [-0.1, -0.05) is 6.07 Å². The summed E-state index contributed by atoms with van der Waals surface area (Å²) < 4.78 is 0. The zero-order valence-corrected chi connectivity index (χ0v) is 6.88. The minimum absolute atomic E-state index is 0.404. The molecule has 13 heavy (non-hydrogen) atoms. The molecule has 2 heterocycles. The molecule has 2 aromatic rings. The van der Waals surface area contributed by atoms with Gasteiger partial charge in [-0.05, 0) is 12.1 Å². The SMILES string of the molecule is Nc1nccnc1-c1ccccn1. The fourth-order valence-electron chi connectivity index (χ4n) is 1.05. The Labute approximate surface area is 75.5 Å². The van der Waals surface area contributed by atoms with Gasteiger partial charge in [0.05, 0.1) is 5.69 Å². The molecule has 0 unspecified atom stereocenters. The second kappa shape index (κ2) is 3.18. The maximum atomic E-state index is 5.64. The quantitative estimate of drug-likeness (QED) is 0.700. The zero-order valence-electron chi connectivity index (χ0n) is 6.88. The lowest BCUT2D eigenvalue weighted by Gasteiger charge is -2.00. The van der Waals surface area contributed by atoms with E-state index in [9.17, 15) is 0 Å². The molecule has 0 saturated carbocycles. The topological polar surface area (TPSA) is 64.7 Å². The maximum Gasteiger partial charge on any atom is 0.151 e. The van der Waals surface area contributed by atoms with Crippen molar-refractivity contribution in [2.45, 2.75) is 0 Å². The van der Waals surface area contributed by atoms with Crippen LogP contribution in [-0.2, 0) is 0 Å². The maximum absolute atomic E-state index is 5.64. The Hall–Kier alpha value is -1.97. The molecule has 64 valence electrons. The average Bonchev–Trinajstić information content (AvgIpc) is 2.20. The number of nitrogens with two attached hydrogens (primary N) is 1. The third kappa shape index (κ3) is 1.46. The van der Waals surface area contributed by atoms with Crippen LogP contribution in [0.3, 0.4) is 0 Å². The number of hydrogen-bond acceptors (Lipinski definition) is 4. The average molecular weight is 172 g/mol. The number of pyridine rings is 1. The molecule has 0 bridgehead atoms. The van der Waals surface area contributed by atoms with E-state index >= 15 is 0 Å². The summed E-state index contributed by atoms with van der Waals surface area (Å²) in [6.07, 6.45) is 4.85. The molecule has 0 aromatic carbocycles. The van der Waals surface area contributed by atoms with E-state index in [4.69, 9.17) is 5.73 Å². The van der Waals surface area contributed by atoms with Crippen LogP contribution in [0.25, 0.3) is 11.4 Å². The van der Waals surface area contributed by atoms with E-state index in [1.807, 2.05) is 18.2 Å². The van der Waals surface area contributed by atoms with Gasteiger partial charge in [0.25, 0.3) is 0 Å². The van der Waals surface area contributed by atoms with Crippen molar-refractivity contribution < 1.29 is 0 Å². The van der Waals surface area contributed by atoms with Crippen LogP contribution in [0, 0.1) is 0 Å². The fourth-order valence-corrected chi connectivity index (χ4v) is 1.05. The molecule has 0 saturated heterocycles. The Morgan fingerprint density at radius 3 is 2.46 bits per heavy atom. The van der Waals surface area contributed by atoms with Gasteiger partial charge in [-0.25, -0.2) is 9.97 Å². The third-order valence-electron chi connectivity index (χ3n) is 1.63. The molecule has 0 aliphatic carbocycles. The minimum Gasteiger partial charge on any atom is -0.382 e. The number of nitrogens with zero attached hydrogens (tertiary/aromatic N) is 3. The van der Waals surface area contributed by atoms with Gasteiger partial charge < -0.3 is 5.73 Å². The van der Waals surface area contributed by atoms with E-state index in [2.05, 4.69) is 15.0 Å². The lowest BCUT2D eigenvalue weighted by atomic mass is 10.2. The molecule has 2 aromatic heterocycles. The van der Waals surface area contributed by atoms with Gasteiger partial charge in [0.1, 0.15) is 5.69 Å². The predicted octanol–water partition coefficient (Wildman–Crippen LogP) is 1.12. The summed E-state index contributed by atoms with van der Waals surface area (Å²) in [4.78, 5) is 12.2. The Balaban J connectivity index is 2.54. The van der Waals surface area contributed by atoms with Gasteiger partial charge in [0, 0.05) is 18.6 Å². The van der Waals surface area contributed by atoms with Crippen molar-refractivity contribution in [3.8, 4) is 11.4 Å². The highest BCUT2D eigenvalue weighted by Gasteiger charge is 2.03. The Kier molecular flexibility index (Phi) is 1.88. The van der Waals surface area contributed by atoms with Crippen molar-refractivity contribution in [2.75, 3.05) is 5.73 Å². The van der Waals surface area contributed by atoms with E-state index in [0.717, 1.165) is 5.69 Å². The molecule has 2 rings (SSSR count). The van der Waals surface area contributed by atoms with E-state index in [1.165, 1.54) is 0 Å². The van der Waals surface area contributed by atoms with Crippen molar-refractivity contribution in [2.24, 2.45) is 0 Å². The van der Waals surface area contributed by atoms with Gasteiger partial charge in [-0.2, -0.15) is 0 Å². The molecule has 0 aliphatic rings. The Bertz CT molecular complexity index is 399. The first-order chi connectivity index (χ1) is 6.38. The van der Waals surface area contributed by atoms with Gasteiger partial charge in [0.2, 0.25) is 0 Å². The standard InChI is InChI=1S/C9H8N4/c10-9-8(12-5-6-13-9)7-3-1-2-4-11-7/h1-6H,(H2,10,13). The van der Waals surface area contributed by atoms with Crippen LogP contribution >= 0.6 is 0 Å². The lowest BCUT2D eigenvalue weighted by molar-refractivity contribution is 1.18. The fraction of sp³-hybridized carbons (Fsp3) is 0. The molecular weight excluding hydrogens is 164 g/mol. The van der Waals surface area contributed by atoms with Gasteiger partial charge >= 0.3 is 0 Å². The summed E-state index contributed by atoms with van der Waals surface area (Å²) in [5.74, 6) is 0.404. The van der Waals surface area contributed by atoms with Crippen molar-refractivity contribution >= 4 is 5.82 Å². The van der Waals surface area contributed by atoms with Gasteiger partial charge in [0.15, 0.2) is 5.82 Å². The zero-order chi connectivity index (χ0) is 9.10. The van der Waals surface area contributed by atoms with Crippen LogP contribution < -0.4 is 5.73 Å². The Morgan fingerprint density at radius 1 is 0.923 bits per heavy atom. The van der Waals surface area contributed by atoms with Crippen LogP contribution in [-0.4, -0.2) is 15.0 Å².